The molecule has 5 aliphatic rings. The number of nitrogen functional groups attached to an aromatic ring is 2. The fourth-order valence-corrected chi connectivity index (χ4v) is 12.5. The predicted molar refractivity (Wildman–Crippen MR) is 288 cm³/mol. The number of anilines is 5. The summed E-state index contributed by atoms with van der Waals surface area (Å²) in [5.41, 5.74) is 21.6. The number of imide groups is 1. The Labute approximate surface area is 429 Å². The number of urea groups is 1. The summed E-state index contributed by atoms with van der Waals surface area (Å²) >= 11 is 0. The first-order chi connectivity index (χ1) is 35.2. The van der Waals surface area contributed by atoms with Crippen LogP contribution in [0.3, 0.4) is 0 Å². The smallest absolute Gasteiger partial charge is 0.328 e. The van der Waals surface area contributed by atoms with Crippen LogP contribution in [0.15, 0.2) is 66.9 Å². The first-order valence-electron chi connectivity index (χ1n) is 26.6. The molecule has 384 valence electrons. The number of amides is 5. The molecule has 1 atom stereocenters. The molecular formula is C57H72N12O4. The van der Waals surface area contributed by atoms with E-state index in [1.807, 2.05) is 73.5 Å². The van der Waals surface area contributed by atoms with Crippen molar-refractivity contribution >= 4 is 63.2 Å². The van der Waals surface area contributed by atoms with Gasteiger partial charge in [-0.25, -0.2) is 9.78 Å². The van der Waals surface area contributed by atoms with E-state index in [-0.39, 0.29) is 30.2 Å². The molecule has 0 bridgehead atoms. The molecule has 4 saturated heterocycles. The van der Waals surface area contributed by atoms with Gasteiger partial charge in [0.1, 0.15) is 5.82 Å². The summed E-state index contributed by atoms with van der Waals surface area (Å²) in [4.78, 5) is 67.3. The van der Waals surface area contributed by atoms with Crippen LogP contribution in [0, 0.1) is 38.0 Å². The van der Waals surface area contributed by atoms with Gasteiger partial charge in [-0.3, -0.25) is 24.6 Å². The zero-order valence-electron chi connectivity index (χ0n) is 43.1. The number of nitrogens with one attached hydrogen (secondary N) is 2. The number of piperazine rings is 1. The number of hydrogen-bond acceptors (Lipinski definition) is 12. The highest BCUT2D eigenvalue weighted by Gasteiger charge is 2.40. The largest absolute Gasteiger partial charge is 0.399 e. The standard InChI is InChI=1S/C57H72N12O4/c1-36-5-6-43(33-49(36)69-26-18-51(70)62-56(69)73)55(72)67-27-21-57(22-28-67)19-13-40(14-20-57)15-23-65-24-16-42(17-25-65)54(71)68-31-29-66(30-32-68)50-34-46-47(35-60-50)38(3)63-64-53(46)61-39(4)52-37(2)45(11-12-48(52)59)41-7-9-44(58)10-8-41/h5-12,33-35,39-40,42H,13-32,58-59H2,1-4H3,(H,61,64)(H,62,70,73)/t39-/m1/s1. The molecule has 1 spiro atoms. The second-order valence-corrected chi connectivity index (χ2v) is 21.7. The topological polar surface area (TPSA) is 199 Å². The van der Waals surface area contributed by atoms with Crippen molar-refractivity contribution in [3.05, 3.63) is 94.8 Å². The van der Waals surface area contributed by atoms with Crippen LogP contribution in [0.25, 0.3) is 21.9 Å². The molecule has 1 aliphatic carbocycles. The summed E-state index contributed by atoms with van der Waals surface area (Å²) in [7, 11) is 0. The van der Waals surface area contributed by atoms with Crippen molar-refractivity contribution in [1.29, 1.82) is 0 Å². The lowest BCUT2D eigenvalue weighted by atomic mass is 9.65. The molecule has 10 rings (SSSR count). The molecule has 3 aromatic carbocycles. The fourth-order valence-electron chi connectivity index (χ4n) is 12.5. The van der Waals surface area contributed by atoms with Crippen LogP contribution in [0.5, 0.6) is 0 Å². The summed E-state index contributed by atoms with van der Waals surface area (Å²) in [6, 6.07) is 19.0. The van der Waals surface area contributed by atoms with Crippen LogP contribution < -0.4 is 31.9 Å². The van der Waals surface area contributed by atoms with E-state index in [4.69, 9.17) is 16.5 Å². The Kier molecular flexibility index (Phi) is 14.3. The van der Waals surface area contributed by atoms with Crippen molar-refractivity contribution in [2.24, 2.45) is 17.3 Å². The SMILES string of the molecule is Cc1ccc(C(=O)N2CCC3(CCC(CCN4CCC(C(=O)N5CCN(c6cc7c(N[C@H](C)c8c(N)ccc(-c9ccc(N)cc9)c8C)nnc(C)c7cn6)CC5)CC4)CC3)CC2)cc1N1CCC(=O)NC1=O. The van der Waals surface area contributed by atoms with E-state index >= 15 is 0 Å². The van der Waals surface area contributed by atoms with Crippen LogP contribution in [0.4, 0.5) is 33.5 Å². The number of carbonyl (C=O) groups excluding carboxylic acids is 4. The Morgan fingerprint density at radius 1 is 0.795 bits per heavy atom. The van der Waals surface area contributed by atoms with Gasteiger partial charge in [0.05, 0.1) is 11.7 Å². The quantitative estimate of drug-likeness (QED) is 0.0926. The highest BCUT2D eigenvalue weighted by molar-refractivity contribution is 6.06. The van der Waals surface area contributed by atoms with E-state index in [0.717, 1.165) is 120 Å². The Morgan fingerprint density at radius 3 is 2.23 bits per heavy atom. The molecule has 5 amide bonds. The summed E-state index contributed by atoms with van der Waals surface area (Å²) in [6.45, 7) is 15.7. The molecule has 1 saturated carbocycles. The van der Waals surface area contributed by atoms with Crippen molar-refractivity contribution in [1.82, 2.24) is 35.2 Å². The highest BCUT2D eigenvalue weighted by Crippen LogP contribution is 2.47. The number of nitrogens with zero attached hydrogens (tertiary/aromatic N) is 8. The molecule has 73 heavy (non-hydrogen) atoms. The van der Waals surface area contributed by atoms with Gasteiger partial charge < -0.3 is 36.4 Å². The lowest BCUT2D eigenvalue weighted by Crippen LogP contribution is -2.52. The van der Waals surface area contributed by atoms with Gasteiger partial charge in [-0.15, -0.1) is 5.10 Å². The first kappa shape index (κ1) is 49.8. The van der Waals surface area contributed by atoms with Crippen molar-refractivity contribution < 1.29 is 19.2 Å². The Hall–Kier alpha value is -6.81. The van der Waals surface area contributed by atoms with E-state index in [9.17, 15) is 19.2 Å². The summed E-state index contributed by atoms with van der Waals surface area (Å²) in [6.07, 6.45) is 12.2. The minimum Gasteiger partial charge on any atom is -0.399 e. The summed E-state index contributed by atoms with van der Waals surface area (Å²) in [5, 5.41) is 17.0. The third-order valence-corrected chi connectivity index (χ3v) is 17.2. The average Bonchev–Trinajstić information content (AvgIpc) is 3.40. The third-order valence-electron chi connectivity index (χ3n) is 17.2. The number of hydrogen-bond donors (Lipinski definition) is 4. The highest BCUT2D eigenvalue weighted by atomic mass is 16.2. The monoisotopic (exact) mass is 989 g/mol. The van der Waals surface area contributed by atoms with Crippen molar-refractivity contribution in [2.45, 2.75) is 97.9 Å². The minimum absolute atomic E-state index is 0.0121. The van der Waals surface area contributed by atoms with Crippen molar-refractivity contribution in [3.8, 4) is 11.1 Å². The Balaban J connectivity index is 0.664. The second-order valence-electron chi connectivity index (χ2n) is 21.7. The molecule has 0 unspecified atom stereocenters. The number of piperidine rings is 2. The lowest BCUT2D eigenvalue weighted by molar-refractivity contribution is -0.137. The van der Waals surface area contributed by atoms with E-state index in [1.54, 1.807) is 4.90 Å². The van der Waals surface area contributed by atoms with E-state index in [0.29, 0.717) is 66.8 Å². The number of aromatic nitrogens is 3. The molecule has 0 radical (unpaired) electrons. The minimum atomic E-state index is -0.436. The van der Waals surface area contributed by atoms with Crippen molar-refractivity contribution in [3.63, 3.8) is 0 Å². The van der Waals surface area contributed by atoms with Crippen LogP contribution in [0.1, 0.15) is 110 Å². The summed E-state index contributed by atoms with van der Waals surface area (Å²) < 4.78 is 0. The molecule has 5 aromatic rings. The molecule has 4 aliphatic heterocycles. The van der Waals surface area contributed by atoms with Gasteiger partial charge >= 0.3 is 6.03 Å². The number of rotatable bonds is 11. The van der Waals surface area contributed by atoms with Gasteiger partial charge in [0.25, 0.3) is 5.91 Å². The number of nitrogens with two attached hydrogens (primary N) is 2. The third kappa shape index (κ3) is 10.5. The van der Waals surface area contributed by atoms with Gasteiger partial charge in [-0.2, -0.15) is 5.10 Å². The molecule has 6 heterocycles. The molecule has 16 heteroatoms. The molecular weight excluding hydrogens is 917 g/mol. The normalized spacial score (nSPS) is 19.6. The molecule has 16 nitrogen and oxygen atoms in total. The number of benzene rings is 3. The average molecular weight is 989 g/mol. The number of likely N-dealkylation sites (tertiary alicyclic amines) is 2. The van der Waals surface area contributed by atoms with Gasteiger partial charge in [0.2, 0.25) is 11.8 Å². The van der Waals surface area contributed by atoms with E-state index < -0.39 is 6.03 Å². The maximum Gasteiger partial charge on any atom is 0.328 e. The number of pyridine rings is 1. The fraction of sp³-hybridized carbons (Fsp3) is 0.491. The van der Waals surface area contributed by atoms with Crippen LogP contribution in [-0.2, 0) is 9.59 Å². The zero-order valence-corrected chi connectivity index (χ0v) is 43.1. The summed E-state index contributed by atoms with van der Waals surface area (Å²) in [5.74, 6) is 2.38. The van der Waals surface area contributed by atoms with E-state index in [1.165, 1.54) is 32.1 Å². The lowest BCUT2D eigenvalue weighted by Gasteiger charge is -2.46. The maximum absolute atomic E-state index is 13.9. The van der Waals surface area contributed by atoms with Gasteiger partial charge in [-0.05, 0) is 175 Å². The first-order valence-corrected chi connectivity index (χ1v) is 26.6. The molecule has 2 aromatic heterocycles. The van der Waals surface area contributed by atoms with Gasteiger partial charge in [0, 0.05) is 103 Å². The number of aryl methyl sites for hydroxylation is 2. The maximum atomic E-state index is 13.9. The molecule has 5 fully saturated rings. The predicted octanol–water partition coefficient (Wildman–Crippen LogP) is 8.26. The van der Waals surface area contributed by atoms with Crippen LogP contribution in [-0.4, -0.2) is 119 Å². The van der Waals surface area contributed by atoms with Gasteiger partial charge in [-0.1, -0.05) is 24.3 Å². The Morgan fingerprint density at radius 2 is 1.52 bits per heavy atom. The number of fused-ring (bicyclic) bond motifs is 1. The van der Waals surface area contributed by atoms with Crippen molar-refractivity contribution in [2.75, 3.05) is 92.0 Å². The van der Waals surface area contributed by atoms with Gasteiger partial charge in [0.15, 0.2) is 5.82 Å². The van der Waals surface area contributed by atoms with E-state index in [2.05, 4.69) is 61.5 Å². The Bertz CT molecular complexity index is 2870. The number of carbonyl (C=O) groups is 4. The second kappa shape index (κ2) is 21.0. The van der Waals surface area contributed by atoms with Crippen LogP contribution in [0.2, 0.25) is 0 Å². The van der Waals surface area contributed by atoms with Crippen LogP contribution >= 0.6 is 0 Å². The molecule has 6 N–H and O–H groups in total. The zero-order chi connectivity index (χ0) is 51.0.